The van der Waals surface area contributed by atoms with Crippen LogP contribution in [0.2, 0.25) is 0 Å². The molecule has 9 N–H and O–H groups in total. The highest BCUT2D eigenvalue weighted by molar-refractivity contribution is 7.45. The average molecular weight is 1150 g/mol. The number of ether oxygens (including phenoxy) is 2. The minimum atomic E-state index is -4.78. The summed E-state index contributed by atoms with van der Waals surface area (Å²) in [5.41, 5.74) is 0. The van der Waals surface area contributed by atoms with Crippen LogP contribution in [0.5, 0.6) is 0 Å². The number of likely N-dealkylation sites (N-methyl/N-ethyl adjacent to an activating group) is 1. The van der Waals surface area contributed by atoms with Gasteiger partial charge in [-0.05, 0) is 72.5 Å². The molecular formula is C52H97N8O18P. The molecule has 0 spiro atoms. The Hall–Kier alpha value is -4.82. The second-order valence-electron chi connectivity index (χ2n) is 21.0. The lowest BCUT2D eigenvalue weighted by molar-refractivity contribution is -0.870. The summed E-state index contributed by atoms with van der Waals surface area (Å²) in [5, 5.41) is 42.8. The van der Waals surface area contributed by atoms with Gasteiger partial charge < -0.3 is 80.0 Å². The second-order valence-corrected chi connectivity index (χ2v) is 22.4. The van der Waals surface area contributed by atoms with E-state index in [1.165, 1.54) is 71.6 Å². The van der Waals surface area contributed by atoms with Crippen molar-refractivity contribution in [3.8, 4) is 0 Å². The molecule has 0 aromatic rings. The molecular weight excluding hydrogens is 1060 g/mol. The Kier molecular flexibility index (Phi) is 40.4. The Balaban J connectivity index is 5.35. The van der Waals surface area contributed by atoms with E-state index in [2.05, 4.69) is 38.8 Å². The standard InChI is InChI=1S/C52H97N8O18P/c1-9-10-11-12-13-14-15-16-17-18-19-20-21-27-46(68)75-36-41(37-77-79(73,74)76-32-31-60(6,7)8)78-47(69)28-23-25-30-59(5)29-24-22-26-42(50(70)54-33-43(64)53-35-45(66)67)57-52(72)49(39(3)62)58-44(65)34-55-51(71)48(38(2)61)56-40(4)63/h38-39,41-42,48-49,61-62H,9-37H2,1-8H3,(H7-,53,54,55,56,57,58,63,64,65,66,67,70,71,72,73,74)/t38-,39-,41+,42+,48+,49+/m1/s1. The number of carbonyl (C=O) groups excluding carboxylic acids is 8. The number of carbonyl (C=O) groups is 9. The number of aliphatic carboxylic acids is 1. The van der Waals surface area contributed by atoms with Crippen molar-refractivity contribution in [2.45, 2.75) is 193 Å². The van der Waals surface area contributed by atoms with Gasteiger partial charge in [0.15, 0.2) is 6.10 Å². The number of carboxylic acids is 1. The summed E-state index contributed by atoms with van der Waals surface area (Å²) in [7, 11) is 2.64. The van der Waals surface area contributed by atoms with Gasteiger partial charge in [-0.3, -0.25) is 47.7 Å². The van der Waals surface area contributed by atoms with Crippen LogP contribution >= 0.6 is 7.82 Å². The van der Waals surface area contributed by atoms with E-state index in [0.717, 1.165) is 26.2 Å². The van der Waals surface area contributed by atoms with Gasteiger partial charge in [0.25, 0.3) is 7.82 Å². The fraction of sp³-hybridized carbons (Fsp3) is 0.827. The van der Waals surface area contributed by atoms with Crippen molar-refractivity contribution in [2.75, 3.05) is 87.3 Å². The van der Waals surface area contributed by atoms with Crippen molar-refractivity contribution in [3.63, 3.8) is 0 Å². The first kappa shape index (κ1) is 74.2. The maximum atomic E-state index is 13.4. The first-order valence-corrected chi connectivity index (χ1v) is 29.3. The van der Waals surface area contributed by atoms with Crippen LogP contribution < -0.4 is 36.8 Å². The molecule has 0 aromatic heterocycles. The molecule has 0 rings (SSSR count). The summed E-state index contributed by atoms with van der Waals surface area (Å²) in [5.74, 6) is -7.57. The molecule has 0 aliphatic carbocycles. The monoisotopic (exact) mass is 1150 g/mol. The van der Waals surface area contributed by atoms with Gasteiger partial charge in [0, 0.05) is 19.8 Å². The second kappa shape index (κ2) is 43.0. The summed E-state index contributed by atoms with van der Waals surface area (Å²) in [6.07, 6.45) is 12.8. The van der Waals surface area contributed by atoms with Crippen LogP contribution in [-0.2, 0) is 66.2 Å². The third-order valence-corrected chi connectivity index (χ3v) is 13.2. The molecule has 0 saturated heterocycles. The van der Waals surface area contributed by atoms with E-state index in [1.807, 2.05) is 33.1 Å². The summed E-state index contributed by atoms with van der Waals surface area (Å²) < 4.78 is 33.9. The van der Waals surface area contributed by atoms with Crippen molar-refractivity contribution < 1.29 is 90.9 Å². The van der Waals surface area contributed by atoms with Crippen molar-refractivity contribution in [1.82, 2.24) is 36.8 Å². The molecule has 0 bridgehead atoms. The predicted molar refractivity (Wildman–Crippen MR) is 290 cm³/mol. The van der Waals surface area contributed by atoms with Crippen LogP contribution in [0.3, 0.4) is 0 Å². The maximum Gasteiger partial charge on any atom is 0.322 e. The molecule has 6 amide bonds. The number of hydrogen-bond acceptors (Lipinski definition) is 18. The number of quaternary nitrogens is 1. The minimum absolute atomic E-state index is 0.0121. The number of unbranched alkanes of at least 4 members (excludes halogenated alkanes) is 14. The zero-order valence-corrected chi connectivity index (χ0v) is 49.2. The predicted octanol–water partition coefficient (Wildman–Crippen LogP) is 1.07. The number of nitrogens with one attached hydrogen (secondary N) is 6. The molecule has 0 aliphatic heterocycles. The highest BCUT2D eigenvalue weighted by atomic mass is 31.2. The third-order valence-electron chi connectivity index (χ3n) is 12.2. The Morgan fingerprint density at radius 2 is 1.11 bits per heavy atom. The van der Waals surface area contributed by atoms with E-state index in [0.29, 0.717) is 56.2 Å². The number of hydrogen-bond donors (Lipinski definition) is 9. The molecule has 79 heavy (non-hydrogen) atoms. The van der Waals surface area contributed by atoms with Crippen LogP contribution in [0, 0.1) is 0 Å². The average Bonchev–Trinajstić information content (AvgIpc) is 3.36. The fourth-order valence-corrected chi connectivity index (χ4v) is 8.35. The Labute approximate surface area is 467 Å². The van der Waals surface area contributed by atoms with Crippen molar-refractivity contribution in [3.05, 3.63) is 0 Å². The highest BCUT2D eigenvalue weighted by Crippen LogP contribution is 2.38. The van der Waals surface area contributed by atoms with Crippen LogP contribution in [-0.4, -0.2) is 202 Å². The van der Waals surface area contributed by atoms with E-state index in [9.17, 15) is 62.8 Å². The lowest BCUT2D eigenvalue weighted by atomic mass is 10.0. The van der Waals surface area contributed by atoms with Crippen molar-refractivity contribution in [2.24, 2.45) is 0 Å². The first-order chi connectivity index (χ1) is 37.2. The van der Waals surface area contributed by atoms with Crippen LogP contribution in [0.15, 0.2) is 0 Å². The zero-order chi connectivity index (χ0) is 59.8. The molecule has 458 valence electrons. The number of rotatable bonds is 48. The Morgan fingerprint density at radius 3 is 1.66 bits per heavy atom. The number of nitrogens with zero attached hydrogens (tertiary/aromatic N) is 2. The number of aliphatic hydroxyl groups is 2. The molecule has 1 unspecified atom stereocenters. The van der Waals surface area contributed by atoms with E-state index in [1.54, 1.807) is 0 Å². The first-order valence-electron chi connectivity index (χ1n) is 27.9. The van der Waals surface area contributed by atoms with Gasteiger partial charge in [-0.2, -0.15) is 0 Å². The van der Waals surface area contributed by atoms with Gasteiger partial charge in [-0.15, -0.1) is 0 Å². The maximum absolute atomic E-state index is 13.4. The van der Waals surface area contributed by atoms with E-state index < -0.39 is 130 Å². The number of esters is 2. The van der Waals surface area contributed by atoms with Crippen LogP contribution in [0.4, 0.5) is 0 Å². The van der Waals surface area contributed by atoms with E-state index >= 15 is 0 Å². The third kappa shape index (κ3) is 41.8. The molecule has 0 fully saturated rings. The number of carboxylic acid groups (broad SMARTS) is 1. The molecule has 0 aromatic carbocycles. The van der Waals surface area contributed by atoms with Gasteiger partial charge in [0.05, 0.1) is 53.0 Å². The zero-order valence-electron chi connectivity index (χ0n) is 48.3. The van der Waals surface area contributed by atoms with E-state index in [-0.39, 0.29) is 25.9 Å². The summed E-state index contributed by atoms with van der Waals surface area (Å²) in [4.78, 5) is 127. The Morgan fingerprint density at radius 1 is 0.608 bits per heavy atom. The topological polar surface area (TPSA) is 367 Å². The van der Waals surface area contributed by atoms with Gasteiger partial charge in [-0.1, -0.05) is 84.0 Å². The van der Waals surface area contributed by atoms with Gasteiger partial charge in [0.1, 0.15) is 44.4 Å². The number of aliphatic hydroxyl groups excluding tert-OH is 2. The van der Waals surface area contributed by atoms with Gasteiger partial charge in [0.2, 0.25) is 35.4 Å². The lowest BCUT2D eigenvalue weighted by Gasteiger charge is -2.28. The summed E-state index contributed by atoms with van der Waals surface area (Å²) in [6, 6.07) is -4.32. The molecule has 0 saturated carbocycles. The molecule has 27 heteroatoms. The molecule has 0 aliphatic rings. The lowest BCUT2D eigenvalue weighted by Crippen LogP contribution is -2.59. The number of amides is 6. The molecule has 7 atom stereocenters. The molecule has 26 nitrogen and oxygen atoms in total. The van der Waals surface area contributed by atoms with Crippen molar-refractivity contribution in [1.29, 1.82) is 0 Å². The number of phosphoric acid groups is 1. The molecule has 0 radical (unpaired) electrons. The largest absolute Gasteiger partial charge is 0.756 e. The number of phosphoric ester groups is 1. The minimum Gasteiger partial charge on any atom is -0.756 e. The Bertz CT molecular complexity index is 1870. The summed E-state index contributed by atoms with van der Waals surface area (Å²) in [6.45, 7) is 3.97. The van der Waals surface area contributed by atoms with Gasteiger partial charge >= 0.3 is 17.9 Å². The fourth-order valence-electron chi connectivity index (χ4n) is 7.63. The van der Waals surface area contributed by atoms with E-state index in [4.69, 9.17) is 23.6 Å². The smallest absolute Gasteiger partial charge is 0.322 e. The van der Waals surface area contributed by atoms with Crippen molar-refractivity contribution >= 4 is 61.2 Å². The highest BCUT2D eigenvalue weighted by Gasteiger charge is 2.31. The van der Waals surface area contributed by atoms with Crippen LogP contribution in [0.1, 0.15) is 156 Å². The SMILES string of the molecule is CCCCCCCCCCCCCCCC(=O)OC[C@@H](COP(=O)([O-])OCC[N+](C)(C)C)OC(=O)CCCCN(C)CCCC[C@H](NC(=O)[C@@H](NC(=O)CNC(=O)[C@@H](NC(C)=O)[C@@H](C)O)[C@@H](C)O)C(=O)NCC(=O)NCC(=O)O. The van der Waals surface area contributed by atoms with Gasteiger partial charge in [-0.25, -0.2) is 0 Å². The quantitative estimate of drug-likeness (QED) is 0.0178. The summed E-state index contributed by atoms with van der Waals surface area (Å²) >= 11 is 0. The normalized spacial score (nSPS) is 14.5. The van der Waals surface area contributed by atoms with Crippen LogP contribution in [0.25, 0.3) is 0 Å². The molecule has 0 heterocycles.